The molecule has 0 aliphatic rings. The highest BCUT2D eigenvalue weighted by molar-refractivity contribution is 9.10. The molecule has 0 radical (unpaired) electrons. The van der Waals surface area contributed by atoms with Gasteiger partial charge in [0.05, 0.1) is 17.2 Å². The monoisotopic (exact) mass is 339 g/mol. The van der Waals surface area contributed by atoms with Crippen LogP contribution in [0.1, 0.15) is 9.67 Å². The van der Waals surface area contributed by atoms with Crippen LogP contribution in [0.4, 0.5) is 0 Å². The number of rotatable bonds is 6. The molecule has 0 aliphatic heterocycles. The number of hydrogen-bond donors (Lipinski definition) is 0. The Labute approximate surface area is 114 Å². The van der Waals surface area contributed by atoms with Crippen molar-refractivity contribution in [1.29, 1.82) is 0 Å². The molecule has 7 heteroatoms. The second kappa shape index (κ2) is 6.08. The van der Waals surface area contributed by atoms with Crippen LogP contribution in [0.2, 0.25) is 0 Å². The van der Waals surface area contributed by atoms with Gasteiger partial charge in [-0.15, -0.1) is 11.3 Å². The molecule has 0 amide bonds. The summed E-state index contributed by atoms with van der Waals surface area (Å²) in [6.07, 6.45) is 1.19. The topological polar surface area (TPSA) is 54.5 Å². The average Bonchev–Trinajstić information content (AvgIpc) is 2.60. The highest BCUT2D eigenvalue weighted by Crippen LogP contribution is 2.23. The van der Waals surface area contributed by atoms with Crippen LogP contribution in [-0.4, -0.2) is 51.2 Å². The second-order valence-electron chi connectivity index (χ2n) is 3.89. The Balaban J connectivity index is 2.50. The molecule has 0 N–H and O–H groups in total. The van der Waals surface area contributed by atoms with E-state index in [1.165, 1.54) is 17.6 Å². The summed E-state index contributed by atoms with van der Waals surface area (Å²) < 4.78 is 22.8. The van der Waals surface area contributed by atoms with E-state index in [-0.39, 0.29) is 18.1 Å². The predicted molar refractivity (Wildman–Crippen MR) is 73.6 cm³/mol. The number of hydrogen-bond acceptors (Lipinski definition) is 5. The first-order valence-corrected chi connectivity index (χ1v) is 8.65. The zero-order valence-electron chi connectivity index (χ0n) is 9.64. The molecule has 1 rings (SSSR count). The van der Waals surface area contributed by atoms with Crippen LogP contribution in [0.5, 0.6) is 0 Å². The number of sulfone groups is 1. The van der Waals surface area contributed by atoms with Crippen LogP contribution in [0.15, 0.2) is 15.9 Å². The molecule has 1 aromatic rings. The van der Waals surface area contributed by atoms with Gasteiger partial charge in [-0.05, 0) is 34.4 Å². The molecule has 0 spiro atoms. The zero-order chi connectivity index (χ0) is 13.1. The van der Waals surface area contributed by atoms with E-state index in [1.807, 2.05) is 11.4 Å². The van der Waals surface area contributed by atoms with Crippen LogP contribution in [0.25, 0.3) is 0 Å². The smallest absolute Gasteiger partial charge is 0.187 e. The summed E-state index contributed by atoms with van der Waals surface area (Å²) in [6.45, 7) is 0.599. The van der Waals surface area contributed by atoms with Crippen molar-refractivity contribution in [1.82, 2.24) is 4.90 Å². The number of Topliss-reactive ketones (excluding diaryl/α,β-unsaturated/α-hetero) is 1. The van der Waals surface area contributed by atoms with Gasteiger partial charge in [0.15, 0.2) is 5.78 Å². The fraction of sp³-hybridized carbons (Fsp3) is 0.500. The van der Waals surface area contributed by atoms with Gasteiger partial charge in [-0.2, -0.15) is 0 Å². The molecule has 0 aromatic carbocycles. The van der Waals surface area contributed by atoms with E-state index in [4.69, 9.17) is 0 Å². The van der Waals surface area contributed by atoms with Crippen molar-refractivity contribution in [2.75, 3.05) is 32.1 Å². The van der Waals surface area contributed by atoms with Crippen LogP contribution >= 0.6 is 27.3 Å². The van der Waals surface area contributed by atoms with Crippen molar-refractivity contribution in [2.24, 2.45) is 0 Å². The summed E-state index contributed by atoms with van der Waals surface area (Å²) in [5.41, 5.74) is 0. The van der Waals surface area contributed by atoms with E-state index in [1.54, 1.807) is 11.9 Å². The first-order chi connectivity index (χ1) is 7.79. The van der Waals surface area contributed by atoms with Crippen LogP contribution < -0.4 is 0 Å². The van der Waals surface area contributed by atoms with Crippen molar-refractivity contribution < 1.29 is 13.2 Å². The van der Waals surface area contributed by atoms with Gasteiger partial charge >= 0.3 is 0 Å². The fourth-order valence-electron chi connectivity index (χ4n) is 1.21. The minimum atomic E-state index is -2.98. The number of carbonyl (C=O) groups excluding carboxylic acids is 1. The molecule has 0 saturated carbocycles. The Morgan fingerprint density at radius 3 is 2.65 bits per heavy atom. The van der Waals surface area contributed by atoms with E-state index in [0.29, 0.717) is 11.4 Å². The van der Waals surface area contributed by atoms with E-state index in [0.717, 1.165) is 4.47 Å². The Morgan fingerprint density at radius 2 is 2.18 bits per heavy atom. The lowest BCUT2D eigenvalue weighted by Crippen LogP contribution is -2.30. The van der Waals surface area contributed by atoms with Gasteiger partial charge in [-0.1, -0.05) is 0 Å². The molecule has 0 atom stereocenters. The summed E-state index contributed by atoms with van der Waals surface area (Å²) >= 11 is 4.68. The van der Waals surface area contributed by atoms with Gasteiger partial charge in [0.2, 0.25) is 0 Å². The standard InChI is InChI=1S/C10H14BrNO3S2/c1-12(4-6-17(2,14)15)7-9(13)10-8(11)3-5-16-10/h3,5H,4,6-7H2,1-2H3. The largest absolute Gasteiger partial charge is 0.298 e. The summed E-state index contributed by atoms with van der Waals surface area (Å²) in [7, 11) is -1.24. The summed E-state index contributed by atoms with van der Waals surface area (Å²) in [6, 6.07) is 1.83. The number of halogens is 1. The molecular formula is C10H14BrNO3S2. The third kappa shape index (κ3) is 5.29. The van der Waals surface area contributed by atoms with Crippen LogP contribution in [0.3, 0.4) is 0 Å². The maximum atomic E-state index is 11.9. The highest BCUT2D eigenvalue weighted by Gasteiger charge is 2.14. The molecule has 0 saturated heterocycles. The van der Waals surface area contributed by atoms with Crippen molar-refractivity contribution in [3.05, 3.63) is 20.8 Å². The Hall–Kier alpha value is -0.240. The summed E-state index contributed by atoms with van der Waals surface area (Å²) in [5.74, 6) is 0.0745. The first-order valence-electron chi connectivity index (χ1n) is 4.92. The zero-order valence-corrected chi connectivity index (χ0v) is 12.9. The third-order valence-electron chi connectivity index (χ3n) is 2.13. The number of carbonyl (C=O) groups is 1. The van der Waals surface area contributed by atoms with Crippen molar-refractivity contribution >= 4 is 42.9 Å². The molecule has 96 valence electrons. The third-order valence-corrected chi connectivity index (χ3v) is 4.93. The molecule has 0 aliphatic carbocycles. The molecule has 4 nitrogen and oxygen atoms in total. The quantitative estimate of drug-likeness (QED) is 0.740. The van der Waals surface area contributed by atoms with Crippen LogP contribution in [-0.2, 0) is 9.84 Å². The molecule has 1 heterocycles. The highest BCUT2D eigenvalue weighted by atomic mass is 79.9. The average molecular weight is 340 g/mol. The normalized spacial score (nSPS) is 12.0. The van der Waals surface area contributed by atoms with Crippen LogP contribution in [0, 0.1) is 0 Å². The second-order valence-corrected chi connectivity index (χ2v) is 7.92. The predicted octanol–water partition coefficient (Wildman–Crippen LogP) is 1.67. The minimum Gasteiger partial charge on any atom is -0.298 e. The number of ketones is 1. The lowest BCUT2D eigenvalue weighted by Gasteiger charge is -2.14. The lowest BCUT2D eigenvalue weighted by molar-refractivity contribution is 0.0952. The number of thiophene rings is 1. The van der Waals surface area contributed by atoms with Gasteiger partial charge in [0.25, 0.3) is 0 Å². The summed E-state index contributed by atoms with van der Waals surface area (Å²) in [5, 5.41) is 1.84. The van der Waals surface area contributed by atoms with Gasteiger partial charge in [-0.25, -0.2) is 8.42 Å². The number of nitrogens with zero attached hydrogens (tertiary/aromatic N) is 1. The van der Waals surface area contributed by atoms with E-state index < -0.39 is 9.84 Å². The minimum absolute atomic E-state index is 0.00266. The van der Waals surface area contributed by atoms with E-state index >= 15 is 0 Å². The van der Waals surface area contributed by atoms with Crippen molar-refractivity contribution in [3.8, 4) is 0 Å². The van der Waals surface area contributed by atoms with Crippen molar-refractivity contribution in [3.63, 3.8) is 0 Å². The first kappa shape index (κ1) is 14.8. The Kier molecular flexibility index (Phi) is 5.30. The Bertz CT molecular complexity index is 495. The SMILES string of the molecule is CN(CCS(C)(=O)=O)CC(=O)c1sccc1Br. The van der Waals surface area contributed by atoms with Gasteiger partial charge in [0.1, 0.15) is 9.84 Å². The van der Waals surface area contributed by atoms with Gasteiger partial charge in [0, 0.05) is 17.3 Å². The maximum Gasteiger partial charge on any atom is 0.187 e. The molecular weight excluding hydrogens is 326 g/mol. The molecule has 0 bridgehead atoms. The maximum absolute atomic E-state index is 11.9. The van der Waals surface area contributed by atoms with Gasteiger partial charge in [-0.3, -0.25) is 9.69 Å². The molecule has 0 unspecified atom stereocenters. The molecule has 0 fully saturated rings. The van der Waals surface area contributed by atoms with E-state index in [2.05, 4.69) is 15.9 Å². The summed E-state index contributed by atoms with van der Waals surface area (Å²) in [4.78, 5) is 14.2. The van der Waals surface area contributed by atoms with Gasteiger partial charge < -0.3 is 0 Å². The van der Waals surface area contributed by atoms with Crippen molar-refractivity contribution in [2.45, 2.75) is 0 Å². The number of likely N-dealkylation sites (N-methyl/N-ethyl adjacent to an activating group) is 1. The fourth-order valence-corrected chi connectivity index (χ4v) is 3.38. The molecule has 1 aromatic heterocycles. The Morgan fingerprint density at radius 1 is 1.53 bits per heavy atom. The lowest BCUT2D eigenvalue weighted by atomic mass is 10.3. The van der Waals surface area contributed by atoms with E-state index in [9.17, 15) is 13.2 Å². The molecule has 17 heavy (non-hydrogen) atoms.